The first kappa shape index (κ1) is 22.2. The van der Waals surface area contributed by atoms with Crippen molar-refractivity contribution in [3.8, 4) is 0 Å². The predicted molar refractivity (Wildman–Crippen MR) is 114 cm³/mol. The van der Waals surface area contributed by atoms with Gasteiger partial charge in [0.2, 0.25) is 0 Å². The van der Waals surface area contributed by atoms with E-state index in [9.17, 15) is 19.7 Å². The SMILES string of the molecule is CCOC(=O)c1sc(NC(=S)Nc2cccc([N+](=O)[O-])c2)c(C(=O)OCC)c1C. The van der Waals surface area contributed by atoms with Crippen LogP contribution in [0.25, 0.3) is 0 Å². The highest BCUT2D eigenvalue weighted by Crippen LogP contribution is 2.34. The number of thiocarbonyl (C=S) groups is 1. The summed E-state index contributed by atoms with van der Waals surface area (Å²) in [5, 5.41) is 17.0. The number of nitrogens with one attached hydrogen (secondary N) is 2. The molecule has 0 saturated carbocycles. The molecule has 0 aliphatic carbocycles. The highest BCUT2D eigenvalue weighted by molar-refractivity contribution is 7.80. The fraction of sp³-hybridized carbons (Fsp3) is 0.278. The van der Waals surface area contributed by atoms with Crippen molar-refractivity contribution in [2.45, 2.75) is 20.8 Å². The Kier molecular flexibility index (Phi) is 7.62. The summed E-state index contributed by atoms with van der Waals surface area (Å²) >= 11 is 6.27. The lowest BCUT2D eigenvalue weighted by Gasteiger charge is -2.11. The second-order valence-electron chi connectivity index (χ2n) is 5.59. The van der Waals surface area contributed by atoms with Gasteiger partial charge in [0, 0.05) is 17.8 Å². The smallest absolute Gasteiger partial charge is 0.348 e. The average molecular weight is 437 g/mol. The van der Waals surface area contributed by atoms with E-state index in [1.165, 1.54) is 18.2 Å². The van der Waals surface area contributed by atoms with Crippen LogP contribution < -0.4 is 10.6 Å². The van der Waals surface area contributed by atoms with Gasteiger partial charge in [0.15, 0.2) is 5.11 Å². The Balaban J connectivity index is 2.30. The predicted octanol–water partition coefficient (Wildman–Crippen LogP) is 4.13. The van der Waals surface area contributed by atoms with Crippen molar-refractivity contribution >= 4 is 57.0 Å². The molecule has 0 fully saturated rings. The van der Waals surface area contributed by atoms with Crippen molar-refractivity contribution in [3.63, 3.8) is 0 Å². The van der Waals surface area contributed by atoms with Gasteiger partial charge >= 0.3 is 11.9 Å². The minimum absolute atomic E-state index is 0.0905. The number of carbonyl (C=O) groups is 2. The standard InChI is InChI=1S/C18H19N3O6S2/c1-4-26-16(22)13-10(3)14(17(23)27-5-2)29-15(13)20-18(28)19-11-7-6-8-12(9-11)21(24)25/h6-9H,4-5H2,1-3H3,(H2,19,20,28). The largest absolute Gasteiger partial charge is 0.462 e. The molecular formula is C18H19N3O6S2. The highest BCUT2D eigenvalue weighted by Gasteiger charge is 2.26. The third-order valence-corrected chi connectivity index (χ3v) is 5.02. The van der Waals surface area contributed by atoms with Crippen LogP contribution in [0.1, 0.15) is 39.4 Å². The Morgan fingerprint density at radius 2 is 1.83 bits per heavy atom. The zero-order valence-electron chi connectivity index (χ0n) is 15.9. The van der Waals surface area contributed by atoms with Crippen LogP contribution in [-0.2, 0) is 9.47 Å². The van der Waals surface area contributed by atoms with Crippen LogP contribution in [0.3, 0.4) is 0 Å². The Labute approximate surface area is 176 Å². The molecule has 0 atom stereocenters. The molecule has 2 rings (SSSR count). The lowest BCUT2D eigenvalue weighted by Crippen LogP contribution is -2.20. The number of benzene rings is 1. The van der Waals surface area contributed by atoms with Gasteiger partial charge in [-0.3, -0.25) is 10.1 Å². The maximum Gasteiger partial charge on any atom is 0.348 e. The lowest BCUT2D eigenvalue weighted by molar-refractivity contribution is -0.384. The summed E-state index contributed by atoms with van der Waals surface area (Å²) < 4.78 is 10.1. The van der Waals surface area contributed by atoms with Crippen LogP contribution >= 0.6 is 23.6 Å². The molecule has 0 spiro atoms. The normalized spacial score (nSPS) is 10.2. The van der Waals surface area contributed by atoms with E-state index in [0.29, 0.717) is 16.3 Å². The van der Waals surface area contributed by atoms with Crippen molar-refractivity contribution in [1.82, 2.24) is 0 Å². The lowest BCUT2D eigenvalue weighted by atomic mass is 10.1. The third kappa shape index (κ3) is 5.48. The number of carbonyl (C=O) groups excluding carboxylic acids is 2. The van der Waals surface area contributed by atoms with Gasteiger partial charge in [0.25, 0.3) is 5.69 Å². The molecule has 2 aromatic rings. The van der Waals surface area contributed by atoms with Crippen molar-refractivity contribution in [1.29, 1.82) is 0 Å². The van der Waals surface area contributed by atoms with Gasteiger partial charge in [-0.2, -0.15) is 0 Å². The molecule has 0 aliphatic heterocycles. The van der Waals surface area contributed by atoms with Gasteiger partial charge in [-0.05, 0) is 44.6 Å². The maximum atomic E-state index is 12.4. The molecular weight excluding hydrogens is 418 g/mol. The molecule has 0 saturated heterocycles. The number of nitro benzene ring substituents is 1. The number of rotatable bonds is 7. The van der Waals surface area contributed by atoms with Crippen LogP contribution in [0.15, 0.2) is 24.3 Å². The molecule has 11 heteroatoms. The minimum Gasteiger partial charge on any atom is -0.462 e. The van der Waals surface area contributed by atoms with E-state index >= 15 is 0 Å². The summed E-state index contributed by atoms with van der Waals surface area (Å²) in [6.45, 7) is 5.34. The second kappa shape index (κ2) is 9.94. The van der Waals surface area contributed by atoms with Crippen molar-refractivity contribution in [3.05, 3.63) is 50.4 Å². The van der Waals surface area contributed by atoms with Crippen LogP contribution in [0.2, 0.25) is 0 Å². The number of hydrogen-bond donors (Lipinski definition) is 2. The molecule has 0 aliphatic rings. The summed E-state index contributed by atoms with van der Waals surface area (Å²) in [7, 11) is 0. The third-order valence-electron chi connectivity index (χ3n) is 3.63. The molecule has 154 valence electrons. The van der Waals surface area contributed by atoms with Gasteiger partial charge in [-0.15, -0.1) is 11.3 Å². The zero-order chi connectivity index (χ0) is 21.6. The summed E-state index contributed by atoms with van der Waals surface area (Å²) in [5.41, 5.74) is 0.908. The molecule has 1 heterocycles. The summed E-state index contributed by atoms with van der Waals surface area (Å²) in [5.74, 6) is -1.15. The first-order chi connectivity index (χ1) is 13.8. The number of thiophene rings is 1. The molecule has 1 aromatic carbocycles. The Morgan fingerprint density at radius 3 is 2.45 bits per heavy atom. The van der Waals surface area contributed by atoms with Crippen LogP contribution in [0, 0.1) is 17.0 Å². The summed E-state index contributed by atoms with van der Waals surface area (Å²) in [4.78, 5) is 35.2. The first-order valence-corrected chi connectivity index (χ1v) is 9.81. The Hall–Kier alpha value is -3.05. The topological polar surface area (TPSA) is 120 Å². The van der Waals surface area contributed by atoms with Crippen molar-refractivity contribution in [2.24, 2.45) is 0 Å². The van der Waals surface area contributed by atoms with Crippen molar-refractivity contribution in [2.75, 3.05) is 23.8 Å². The molecule has 2 N–H and O–H groups in total. The molecule has 0 amide bonds. The van der Waals surface area contributed by atoms with Crippen LogP contribution in [-0.4, -0.2) is 35.2 Å². The number of ether oxygens (including phenoxy) is 2. The quantitative estimate of drug-likeness (QED) is 0.285. The molecule has 29 heavy (non-hydrogen) atoms. The average Bonchev–Trinajstić information content (AvgIpc) is 2.98. The number of hydrogen-bond acceptors (Lipinski definition) is 8. The van der Waals surface area contributed by atoms with Gasteiger partial charge < -0.3 is 20.1 Å². The second-order valence-corrected chi connectivity index (χ2v) is 7.02. The Morgan fingerprint density at radius 1 is 1.17 bits per heavy atom. The Bertz CT molecular complexity index is 957. The van der Waals surface area contributed by atoms with Crippen LogP contribution in [0.4, 0.5) is 16.4 Å². The number of anilines is 2. The number of esters is 2. The van der Waals surface area contributed by atoms with E-state index in [-0.39, 0.29) is 34.5 Å². The van der Waals surface area contributed by atoms with E-state index in [0.717, 1.165) is 11.3 Å². The van der Waals surface area contributed by atoms with E-state index in [1.807, 2.05) is 0 Å². The van der Waals surface area contributed by atoms with Gasteiger partial charge in [-0.25, -0.2) is 9.59 Å². The van der Waals surface area contributed by atoms with E-state index in [2.05, 4.69) is 10.6 Å². The van der Waals surface area contributed by atoms with Gasteiger partial charge in [0.1, 0.15) is 9.88 Å². The van der Waals surface area contributed by atoms with E-state index < -0.39 is 16.9 Å². The molecule has 0 bridgehead atoms. The molecule has 1 aromatic heterocycles. The number of non-ortho nitro benzene ring substituents is 1. The van der Waals surface area contributed by atoms with E-state index in [4.69, 9.17) is 21.7 Å². The monoisotopic (exact) mass is 437 g/mol. The first-order valence-electron chi connectivity index (χ1n) is 8.58. The number of nitrogens with zero attached hydrogens (tertiary/aromatic N) is 1. The molecule has 9 nitrogen and oxygen atoms in total. The molecule has 0 unspecified atom stereocenters. The highest BCUT2D eigenvalue weighted by atomic mass is 32.1. The summed E-state index contributed by atoms with van der Waals surface area (Å²) in [6, 6.07) is 5.80. The minimum atomic E-state index is -0.600. The fourth-order valence-electron chi connectivity index (χ4n) is 2.40. The fourth-order valence-corrected chi connectivity index (χ4v) is 3.78. The van der Waals surface area contributed by atoms with Crippen LogP contribution in [0.5, 0.6) is 0 Å². The molecule has 0 radical (unpaired) electrons. The maximum absolute atomic E-state index is 12.4. The van der Waals surface area contributed by atoms with Gasteiger partial charge in [-0.1, -0.05) is 6.07 Å². The van der Waals surface area contributed by atoms with E-state index in [1.54, 1.807) is 26.8 Å². The summed E-state index contributed by atoms with van der Waals surface area (Å²) in [6.07, 6.45) is 0. The number of nitro groups is 1. The van der Waals surface area contributed by atoms with Gasteiger partial charge in [0.05, 0.1) is 23.7 Å². The zero-order valence-corrected chi connectivity index (χ0v) is 17.6. The van der Waals surface area contributed by atoms with Crippen molar-refractivity contribution < 1.29 is 24.0 Å².